The lowest BCUT2D eigenvalue weighted by molar-refractivity contribution is -0.137. The zero-order valence-electron chi connectivity index (χ0n) is 11.6. The summed E-state index contributed by atoms with van der Waals surface area (Å²) >= 11 is 0. The van der Waals surface area contributed by atoms with E-state index in [4.69, 9.17) is 15.6 Å². The SMILES string of the molecule is Nc1ccc(N2CCC(OCCO)CC2)c(C(F)(F)F)c1. The maximum absolute atomic E-state index is 13.1. The van der Waals surface area contributed by atoms with Crippen molar-refractivity contribution in [2.24, 2.45) is 0 Å². The van der Waals surface area contributed by atoms with Crippen molar-refractivity contribution in [3.8, 4) is 0 Å². The third-order valence-electron chi connectivity index (χ3n) is 3.55. The molecule has 1 aromatic rings. The molecular weight excluding hydrogens is 285 g/mol. The van der Waals surface area contributed by atoms with Gasteiger partial charge in [0.25, 0.3) is 0 Å². The van der Waals surface area contributed by atoms with E-state index in [1.54, 1.807) is 4.90 Å². The van der Waals surface area contributed by atoms with Crippen molar-refractivity contribution in [1.29, 1.82) is 0 Å². The summed E-state index contributed by atoms with van der Waals surface area (Å²) in [7, 11) is 0. The Morgan fingerprint density at radius 2 is 1.95 bits per heavy atom. The van der Waals surface area contributed by atoms with Gasteiger partial charge in [0.15, 0.2) is 0 Å². The standard InChI is InChI=1S/C14H19F3N2O2/c15-14(16,17)12-9-10(18)1-2-13(12)19-5-3-11(4-6-19)21-8-7-20/h1-2,9,11,20H,3-8,18H2. The summed E-state index contributed by atoms with van der Waals surface area (Å²) in [5.41, 5.74) is 5.04. The zero-order valence-corrected chi connectivity index (χ0v) is 11.6. The van der Waals surface area contributed by atoms with Gasteiger partial charge in [-0.15, -0.1) is 0 Å². The van der Waals surface area contributed by atoms with Crippen molar-refractivity contribution in [2.75, 3.05) is 36.9 Å². The highest BCUT2D eigenvalue weighted by atomic mass is 19.4. The second-order valence-corrected chi connectivity index (χ2v) is 5.06. The molecule has 0 aromatic heterocycles. The Morgan fingerprint density at radius 3 is 2.52 bits per heavy atom. The average molecular weight is 304 g/mol. The first-order chi connectivity index (χ1) is 9.91. The van der Waals surface area contributed by atoms with Gasteiger partial charge in [-0.2, -0.15) is 13.2 Å². The number of nitrogens with zero attached hydrogens (tertiary/aromatic N) is 1. The van der Waals surface area contributed by atoms with E-state index < -0.39 is 11.7 Å². The second-order valence-electron chi connectivity index (χ2n) is 5.06. The lowest BCUT2D eigenvalue weighted by atomic mass is 10.0. The molecule has 4 nitrogen and oxygen atoms in total. The Hall–Kier alpha value is -1.47. The van der Waals surface area contributed by atoms with Crippen LogP contribution in [0.3, 0.4) is 0 Å². The molecule has 1 aromatic carbocycles. The Morgan fingerprint density at radius 1 is 1.29 bits per heavy atom. The normalized spacial score (nSPS) is 17.2. The van der Waals surface area contributed by atoms with Crippen LogP contribution in [0.1, 0.15) is 18.4 Å². The molecule has 1 heterocycles. The molecule has 3 N–H and O–H groups in total. The van der Waals surface area contributed by atoms with E-state index in [2.05, 4.69) is 0 Å². The predicted octanol–water partition coefficient (Wildman–Crippen LogP) is 2.27. The molecule has 0 amide bonds. The number of ether oxygens (including phenoxy) is 1. The highest BCUT2D eigenvalue weighted by molar-refractivity contribution is 5.61. The van der Waals surface area contributed by atoms with Crippen molar-refractivity contribution in [3.63, 3.8) is 0 Å². The number of nitrogen functional groups attached to an aromatic ring is 1. The predicted molar refractivity (Wildman–Crippen MR) is 74.1 cm³/mol. The van der Waals surface area contributed by atoms with Crippen molar-refractivity contribution >= 4 is 11.4 Å². The number of aliphatic hydroxyl groups is 1. The smallest absolute Gasteiger partial charge is 0.399 e. The molecule has 21 heavy (non-hydrogen) atoms. The van der Waals surface area contributed by atoms with Crippen LogP contribution in [0, 0.1) is 0 Å². The van der Waals surface area contributed by atoms with Gasteiger partial charge in [0, 0.05) is 24.5 Å². The molecule has 7 heteroatoms. The van der Waals surface area contributed by atoms with Crippen LogP contribution < -0.4 is 10.6 Å². The minimum Gasteiger partial charge on any atom is -0.399 e. The Kier molecular flexibility index (Phi) is 4.95. The summed E-state index contributed by atoms with van der Waals surface area (Å²) in [6.07, 6.45) is -3.14. The minimum absolute atomic E-state index is 0.00322. The van der Waals surface area contributed by atoms with Crippen LogP contribution in [-0.2, 0) is 10.9 Å². The largest absolute Gasteiger partial charge is 0.418 e. The molecule has 0 spiro atoms. The number of rotatable bonds is 4. The van der Waals surface area contributed by atoms with Gasteiger partial charge in [0.05, 0.1) is 24.9 Å². The van der Waals surface area contributed by atoms with Gasteiger partial charge in [-0.1, -0.05) is 0 Å². The third kappa shape index (κ3) is 4.01. The topological polar surface area (TPSA) is 58.7 Å². The van der Waals surface area contributed by atoms with Crippen molar-refractivity contribution in [3.05, 3.63) is 23.8 Å². The second kappa shape index (κ2) is 6.53. The number of hydrogen-bond donors (Lipinski definition) is 2. The number of nitrogens with two attached hydrogens (primary N) is 1. The quantitative estimate of drug-likeness (QED) is 0.838. The van der Waals surface area contributed by atoms with Crippen molar-refractivity contribution < 1.29 is 23.0 Å². The lowest BCUT2D eigenvalue weighted by Crippen LogP contribution is -2.38. The molecule has 2 rings (SSSR count). The van der Waals surface area contributed by atoms with Crippen molar-refractivity contribution in [2.45, 2.75) is 25.1 Å². The monoisotopic (exact) mass is 304 g/mol. The minimum atomic E-state index is -4.42. The molecule has 1 fully saturated rings. The highest BCUT2D eigenvalue weighted by Crippen LogP contribution is 2.38. The maximum atomic E-state index is 13.1. The fourth-order valence-corrected chi connectivity index (χ4v) is 2.54. The van der Waals surface area contributed by atoms with Gasteiger partial charge in [-0.3, -0.25) is 0 Å². The van der Waals surface area contributed by atoms with Gasteiger partial charge in [-0.05, 0) is 31.0 Å². The molecular formula is C14H19F3N2O2. The first-order valence-electron chi connectivity index (χ1n) is 6.86. The van der Waals surface area contributed by atoms with Gasteiger partial charge >= 0.3 is 6.18 Å². The van der Waals surface area contributed by atoms with E-state index in [-0.39, 0.29) is 30.7 Å². The van der Waals surface area contributed by atoms with Gasteiger partial charge < -0.3 is 20.5 Å². The van der Waals surface area contributed by atoms with Crippen LogP contribution >= 0.6 is 0 Å². The summed E-state index contributed by atoms with van der Waals surface area (Å²) in [4.78, 5) is 1.71. The molecule has 1 saturated heterocycles. The average Bonchev–Trinajstić information content (AvgIpc) is 2.45. The molecule has 1 aliphatic rings. The van der Waals surface area contributed by atoms with Crippen LogP contribution in [0.5, 0.6) is 0 Å². The summed E-state index contributed by atoms with van der Waals surface area (Å²) in [5.74, 6) is 0. The fraction of sp³-hybridized carbons (Fsp3) is 0.571. The van der Waals surface area contributed by atoms with Crippen LogP contribution in [0.25, 0.3) is 0 Å². The first-order valence-corrected chi connectivity index (χ1v) is 6.86. The summed E-state index contributed by atoms with van der Waals surface area (Å²) in [6.45, 7) is 1.20. The van der Waals surface area contributed by atoms with E-state index in [0.717, 1.165) is 6.07 Å². The molecule has 0 aliphatic carbocycles. The maximum Gasteiger partial charge on any atom is 0.418 e. The number of anilines is 2. The fourth-order valence-electron chi connectivity index (χ4n) is 2.54. The molecule has 0 bridgehead atoms. The number of hydrogen-bond acceptors (Lipinski definition) is 4. The summed E-state index contributed by atoms with van der Waals surface area (Å²) in [6, 6.07) is 3.88. The van der Waals surface area contributed by atoms with E-state index in [1.807, 2.05) is 0 Å². The molecule has 118 valence electrons. The van der Waals surface area contributed by atoms with Crippen LogP contribution in [0.15, 0.2) is 18.2 Å². The highest BCUT2D eigenvalue weighted by Gasteiger charge is 2.35. The number of aliphatic hydroxyl groups excluding tert-OH is 1. The third-order valence-corrected chi connectivity index (χ3v) is 3.55. The van der Waals surface area contributed by atoms with Gasteiger partial charge in [0.1, 0.15) is 0 Å². The number of alkyl halides is 3. The van der Waals surface area contributed by atoms with Crippen LogP contribution in [0.4, 0.5) is 24.5 Å². The van der Waals surface area contributed by atoms with Crippen LogP contribution in [0.2, 0.25) is 0 Å². The molecule has 0 saturated carbocycles. The molecule has 1 aliphatic heterocycles. The van der Waals surface area contributed by atoms with Crippen LogP contribution in [-0.4, -0.2) is 37.5 Å². The lowest BCUT2D eigenvalue weighted by Gasteiger charge is -2.35. The molecule has 0 unspecified atom stereocenters. The van der Waals surface area contributed by atoms with E-state index in [0.29, 0.717) is 25.9 Å². The van der Waals surface area contributed by atoms with Gasteiger partial charge in [0.2, 0.25) is 0 Å². The summed E-state index contributed by atoms with van der Waals surface area (Å²) < 4.78 is 44.7. The summed E-state index contributed by atoms with van der Waals surface area (Å²) in [5, 5.41) is 8.71. The number of benzene rings is 1. The number of piperidine rings is 1. The van der Waals surface area contributed by atoms with E-state index in [1.165, 1.54) is 12.1 Å². The Balaban J connectivity index is 2.10. The van der Waals surface area contributed by atoms with Gasteiger partial charge in [-0.25, -0.2) is 0 Å². The Labute approximate surface area is 121 Å². The van der Waals surface area contributed by atoms with E-state index >= 15 is 0 Å². The zero-order chi connectivity index (χ0) is 15.5. The molecule has 0 radical (unpaired) electrons. The van der Waals surface area contributed by atoms with E-state index in [9.17, 15) is 13.2 Å². The molecule has 0 atom stereocenters. The van der Waals surface area contributed by atoms with Crippen molar-refractivity contribution in [1.82, 2.24) is 0 Å². The first kappa shape index (κ1) is 15.9. The number of halogens is 3. The Bertz CT molecular complexity index is 472.